The molecule has 0 radical (unpaired) electrons. The van der Waals surface area contributed by atoms with Gasteiger partial charge in [0, 0.05) is 17.1 Å². The number of ether oxygens (including phenoxy) is 1. The van der Waals surface area contributed by atoms with Crippen LogP contribution in [-0.2, 0) is 0 Å². The molecule has 0 N–H and O–H groups in total. The zero-order valence-corrected chi connectivity index (χ0v) is 13.1. The molecule has 24 heavy (non-hydrogen) atoms. The SMILES string of the molecule is C1=CC2=C(Oc3ccccc3)c3cccc4cccc(c34)C2C=C1. The number of para-hydroxylation sites is 1. The van der Waals surface area contributed by atoms with Crippen LogP contribution in [0.15, 0.2) is 96.6 Å². The van der Waals surface area contributed by atoms with E-state index in [2.05, 4.69) is 60.7 Å². The second kappa shape index (κ2) is 5.24. The van der Waals surface area contributed by atoms with Gasteiger partial charge in [-0.05, 0) is 28.5 Å². The van der Waals surface area contributed by atoms with Crippen molar-refractivity contribution in [1.82, 2.24) is 0 Å². The van der Waals surface area contributed by atoms with Gasteiger partial charge in [0.1, 0.15) is 11.5 Å². The van der Waals surface area contributed by atoms with E-state index in [4.69, 9.17) is 4.74 Å². The van der Waals surface area contributed by atoms with E-state index in [0.717, 1.165) is 11.5 Å². The third-order valence-electron chi connectivity index (χ3n) is 4.77. The summed E-state index contributed by atoms with van der Waals surface area (Å²) in [7, 11) is 0. The third kappa shape index (κ3) is 1.95. The molecule has 1 unspecified atom stereocenters. The fourth-order valence-electron chi connectivity index (χ4n) is 3.72. The highest BCUT2D eigenvalue weighted by Crippen LogP contribution is 2.45. The fourth-order valence-corrected chi connectivity index (χ4v) is 3.72. The van der Waals surface area contributed by atoms with Crippen molar-refractivity contribution in [3.8, 4) is 5.75 Å². The molecule has 0 saturated carbocycles. The molecule has 1 atom stereocenters. The van der Waals surface area contributed by atoms with Gasteiger partial charge < -0.3 is 4.74 Å². The largest absolute Gasteiger partial charge is 0.456 e. The molecule has 0 saturated heterocycles. The molecule has 114 valence electrons. The van der Waals surface area contributed by atoms with Gasteiger partial charge in [0.15, 0.2) is 0 Å². The highest BCUT2D eigenvalue weighted by atomic mass is 16.5. The Kier molecular flexibility index (Phi) is 2.92. The van der Waals surface area contributed by atoms with Gasteiger partial charge in [-0.1, -0.05) is 78.9 Å². The molecule has 0 aromatic heterocycles. The highest BCUT2D eigenvalue weighted by molar-refractivity contribution is 6.00. The van der Waals surface area contributed by atoms with E-state index in [9.17, 15) is 0 Å². The normalized spacial score (nSPS) is 17.9. The van der Waals surface area contributed by atoms with E-state index in [1.54, 1.807) is 0 Å². The molecule has 0 spiro atoms. The van der Waals surface area contributed by atoms with Gasteiger partial charge >= 0.3 is 0 Å². The van der Waals surface area contributed by atoms with Crippen LogP contribution >= 0.6 is 0 Å². The smallest absolute Gasteiger partial charge is 0.139 e. The molecule has 5 rings (SSSR count). The lowest BCUT2D eigenvalue weighted by Gasteiger charge is -2.29. The Morgan fingerprint density at radius 2 is 1.58 bits per heavy atom. The number of hydrogen-bond acceptors (Lipinski definition) is 1. The van der Waals surface area contributed by atoms with Crippen molar-refractivity contribution in [3.63, 3.8) is 0 Å². The Labute approximate surface area is 141 Å². The summed E-state index contributed by atoms with van der Waals surface area (Å²) in [5.41, 5.74) is 3.77. The molecule has 2 aliphatic rings. The van der Waals surface area contributed by atoms with E-state index in [0.29, 0.717) is 0 Å². The zero-order valence-electron chi connectivity index (χ0n) is 13.1. The predicted octanol–water partition coefficient (Wildman–Crippen LogP) is 5.85. The van der Waals surface area contributed by atoms with Crippen LogP contribution in [0.4, 0.5) is 0 Å². The van der Waals surface area contributed by atoms with Gasteiger partial charge in [-0.25, -0.2) is 0 Å². The van der Waals surface area contributed by atoms with Crippen molar-refractivity contribution in [3.05, 3.63) is 108 Å². The third-order valence-corrected chi connectivity index (χ3v) is 4.77. The van der Waals surface area contributed by atoms with Gasteiger partial charge in [0.2, 0.25) is 0 Å². The Bertz CT molecular complexity index is 1020. The number of hydrogen-bond donors (Lipinski definition) is 0. The summed E-state index contributed by atoms with van der Waals surface area (Å²) in [6, 6.07) is 23.0. The number of fused-ring (bicyclic) bond motifs is 2. The van der Waals surface area contributed by atoms with Crippen molar-refractivity contribution in [1.29, 1.82) is 0 Å². The minimum Gasteiger partial charge on any atom is -0.456 e. The second-order valence-electron chi connectivity index (χ2n) is 6.17. The van der Waals surface area contributed by atoms with Gasteiger partial charge in [0.25, 0.3) is 0 Å². The molecule has 3 aromatic carbocycles. The second-order valence-corrected chi connectivity index (χ2v) is 6.17. The molecule has 0 amide bonds. The maximum Gasteiger partial charge on any atom is 0.139 e. The first-order chi connectivity index (χ1) is 11.9. The van der Waals surface area contributed by atoms with Gasteiger partial charge in [-0.15, -0.1) is 0 Å². The average molecular weight is 308 g/mol. The lowest BCUT2D eigenvalue weighted by Crippen LogP contribution is -2.13. The fraction of sp³-hybridized carbons (Fsp3) is 0.0435. The Morgan fingerprint density at radius 3 is 2.46 bits per heavy atom. The molecule has 2 aliphatic carbocycles. The molecule has 0 fully saturated rings. The van der Waals surface area contributed by atoms with Crippen LogP contribution in [0.1, 0.15) is 17.0 Å². The number of benzene rings is 3. The van der Waals surface area contributed by atoms with Gasteiger partial charge in [-0.3, -0.25) is 0 Å². The zero-order chi connectivity index (χ0) is 15.9. The minimum absolute atomic E-state index is 0.257. The molecule has 0 bridgehead atoms. The van der Waals surface area contributed by atoms with Crippen LogP contribution in [0.25, 0.3) is 16.5 Å². The lowest BCUT2D eigenvalue weighted by molar-refractivity contribution is 0.508. The maximum absolute atomic E-state index is 6.37. The van der Waals surface area contributed by atoms with Crippen LogP contribution in [-0.4, -0.2) is 0 Å². The predicted molar refractivity (Wildman–Crippen MR) is 99.0 cm³/mol. The number of allylic oxidation sites excluding steroid dienone is 5. The van der Waals surface area contributed by atoms with Crippen molar-refractivity contribution in [2.24, 2.45) is 0 Å². The summed E-state index contributed by atoms with van der Waals surface area (Å²) in [6.45, 7) is 0. The highest BCUT2D eigenvalue weighted by Gasteiger charge is 2.28. The molecular weight excluding hydrogens is 292 g/mol. The van der Waals surface area contributed by atoms with Crippen LogP contribution in [0, 0.1) is 0 Å². The van der Waals surface area contributed by atoms with Gasteiger partial charge in [-0.2, -0.15) is 0 Å². The first kappa shape index (κ1) is 13.4. The summed E-state index contributed by atoms with van der Waals surface area (Å²) < 4.78 is 6.37. The first-order valence-electron chi connectivity index (χ1n) is 8.26. The topological polar surface area (TPSA) is 9.23 Å². The van der Waals surface area contributed by atoms with Crippen molar-refractivity contribution in [2.45, 2.75) is 5.92 Å². The molecule has 0 aliphatic heterocycles. The van der Waals surface area contributed by atoms with E-state index < -0.39 is 0 Å². The minimum atomic E-state index is 0.257. The van der Waals surface area contributed by atoms with Crippen LogP contribution in [0.2, 0.25) is 0 Å². The first-order valence-corrected chi connectivity index (χ1v) is 8.26. The van der Waals surface area contributed by atoms with Crippen molar-refractivity contribution < 1.29 is 4.74 Å². The van der Waals surface area contributed by atoms with Crippen LogP contribution in [0.5, 0.6) is 5.75 Å². The molecule has 1 nitrogen and oxygen atoms in total. The van der Waals surface area contributed by atoms with Crippen molar-refractivity contribution >= 4 is 16.5 Å². The molecule has 3 aromatic rings. The van der Waals surface area contributed by atoms with Crippen LogP contribution in [0.3, 0.4) is 0 Å². The van der Waals surface area contributed by atoms with Crippen LogP contribution < -0.4 is 4.74 Å². The van der Waals surface area contributed by atoms with Crippen molar-refractivity contribution in [2.75, 3.05) is 0 Å². The summed E-state index contributed by atoms with van der Waals surface area (Å²) in [4.78, 5) is 0. The quantitative estimate of drug-likeness (QED) is 0.576. The van der Waals surface area contributed by atoms with E-state index in [1.807, 2.05) is 30.3 Å². The van der Waals surface area contributed by atoms with Gasteiger partial charge in [0.05, 0.1) is 0 Å². The Balaban J connectivity index is 1.79. The summed E-state index contributed by atoms with van der Waals surface area (Å²) in [6.07, 6.45) is 8.65. The summed E-state index contributed by atoms with van der Waals surface area (Å²) >= 11 is 0. The molecular formula is C23H16O. The maximum atomic E-state index is 6.37. The molecule has 1 heteroatoms. The van der Waals surface area contributed by atoms with E-state index >= 15 is 0 Å². The summed E-state index contributed by atoms with van der Waals surface area (Å²) in [5, 5.41) is 2.57. The average Bonchev–Trinajstić information content (AvgIpc) is 2.66. The molecule has 0 heterocycles. The summed E-state index contributed by atoms with van der Waals surface area (Å²) in [5.74, 6) is 2.10. The Hall–Kier alpha value is -3.06. The lowest BCUT2D eigenvalue weighted by atomic mass is 9.78. The standard InChI is InChI=1S/C23H16O/c1-2-10-17(11-3-1)24-23-20-13-5-4-12-18(20)19-14-6-8-16-9-7-15-21(23)22(16)19/h1-15,18H. The monoisotopic (exact) mass is 308 g/mol. The van der Waals surface area contributed by atoms with E-state index in [-0.39, 0.29) is 5.92 Å². The number of rotatable bonds is 2. The van der Waals surface area contributed by atoms with E-state index in [1.165, 1.54) is 27.5 Å². The Morgan fingerprint density at radius 1 is 0.750 bits per heavy atom.